The molecule has 2 aromatic rings. The number of aromatic nitrogens is 3. The number of carbonyl (C=O) groups excluding carboxylic acids is 1. The lowest BCUT2D eigenvalue weighted by Gasteiger charge is -2.29. The summed E-state index contributed by atoms with van der Waals surface area (Å²) < 4.78 is 0. The average Bonchev–Trinajstić information content (AvgIpc) is 2.61. The van der Waals surface area contributed by atoms with Crippen LogP contribution in [0, 0.1) is 0 Å². The molecular formula is C19H26N6O. The number of pyridine rings is 1. The quantitative estimate of drug-likeness (QED) is 0.883. The van der Waals surface area contributed by atoms with Gasteiger partial charge in [-0.05, 0) is 39.6 Å². The van der Waals surface area contributed by atoms with Crippen molar-refractivity contribution in [2.75, 3.05) is 32.5 Å². The number of nitrogens with one attached hydrogen (secondary N) is 1. The number of hydrogen-bond acceptors (Lipinski definition) is 6. The second-order valence-corrected chi connectivity index (χ2v) is 7.06. The maximum Gasteiger partial charge on any atom is 0.219 e. The molecule has 7 heteroatoms. The Bertz CT molecular complexity index is 777. The van der Waals surface area contributed by atoms with E-state index in [0.29, 0.717) is 18.9 Å². The molecule has 0 bridgehead atoms. The van der Waals surface area contributed by atoms with E-state index in [1.807, 2.05) is 17.0 Å². The van der Waals surface area contributed by atoms with Gasteiger partial charge in [0.05, 0.1) is 12.2 Å². The Morgan fingerprint density at radius 1 is 1.31 bits per heavy atom. The molecule has 7 nitrogen and oxygen atoms in total. The molecule has 3 heterocycles. The van der Waals surface area contributed by atoms with Gasteiger partial charge in [-0.2, -0.15) is 0 Å². The molecule has 1 amide bonds. The highest BCUT2D eigenvalue weighted by Crippen LogP contribution is 2.27. The summed E-state index contributed by atoms with van der Waals surface area (Å²) in [5.74, 6) is 1.62. The zero-order valence-electron chi connectivity index (χ0n) is 15.9. The molecule has 1 N–H and O–H groups in total. The molecule has 0 spiro atoms. The van der Waals surface area contributed by atoms with Gasteiger partial charge < -0.3 is 15.1 Å². The van der Waals surface area contributed by atoms with Gasteiger partial charge in [0.2, 0.25) is 5.91 Å². The van der Waals surface area contributed by atoms with Gasteiger partial charge in [0.1, 0.15) is 5.82 Å². The fourth-order valence-electron chi connectivity index (χ4n) is 3.28. The zero-order chi connectivity index (χ0) is 18.7. The summed E-state index contributed by atoms with van der Waals surface area (Å²) in [5, 5.41) is 3.54. The second-order valence-electron chi connectivity index (χ2n) is 7.06. The SMILES string of the molecule is CC(=O)N1CCc2c(nc(-c3ccncc3)nc2NC(C)CN(C)C)C1. The van der Waals surface area contributed by atoms with Gasteiger partial charge in [-0.25, -0.2) is 9.97 Å². The number of anilines is 1. The van der Waals surface area contributed by atoms with Crippen LogP contribution in [-0.2, 0) is 17.8 Å². The number of hydrogen-bond donors (Lipinski definition) is 1. The molecule has 0 aliphatic carbocycles. The highest BCUT2D eigenvalue weighted by atomic mass is 16.2. The van der Waals surface area contributed by atoms with E-state index >= 15 is 0 Å². The fraction of sp³-hybridized carbons (Fsp3) is 0.474. The summed E-state index contributed by atoms with van der Waals surface area (Å²) in [6.45, 7) is 5.89. The fourth-order valence-corrected chi connectivity index (χ4v) is 3.28. The van der Waals surface area contributed by atoms with Crippen LogP contribution in [0.4, 0.5) is 5.82 Å². The van der Waals surface area contributed by atoms with Gasteiger partial charge in [0.15, 0.2) is 5.82 Å². The Hall–Kier alpha value is -2.54. The number of likely N-dealkylation sites (N-methyl/N-ethyl adjacent to an activating group) is 1. The highest BCUT2D eigenvalue weighted by molar-refractivity contribution is 5.74. The first-order chi connectivity index (χ1) is 12.4. The van der Waals surface area contributed by atoms with Crippen molar-refractivity contribution in [1.29, 1.82) is 0 Å². The molecule has 1 unspecified atom stereocenters. The standard InChI is InChI=1S/C19H26N6O/c1-13(11-24(3)4)21-19-16-7-10-25(14(2)26)12-17(16)22-18(23-19)15-5-8-20-9-6-15/h5-6,8-9,13H,7,10-12H2,1-4H3,(H,21,22,23). The van der Waals surface area contributed by atoms with Gasteiger partial charge in [0.25, 0.3) is 0 Å². The van der Waals surface area contributed by atoms with Crippen LogP contribution in [0.1, 0.15) is 25.1 Å². The summed E-state index contributed by atoms with van der Waals surface area (Å²) in [4.78, 5) is 29.4. The van der Waals surface area contributed by atoms with Crippen molar-refractivity contribution in [3.05, 3.63) is 35.8 Å². The van der Waals surface area contributed by atoms with Crippen molar-refractivity contribution in [3.63, 3.8) is 0 Å². The molecule has 2 aromatic heterocycles. The minimum Gasteiger partial charge on any atom is -0.366 e. The van der Waals surface area contributed by atoms with Gasteiger partial charge >= 0.3 is 0 Å². The zero-order valence-corrected chi connectivity index (χ0v) is 15.9. The van der Waals surface area contributed by atoms with E-state index in [-0.39, 0.29) is 11.9 Å². The molecule has 1 aliphatic rings. The van der Waals surface area contributed by atoms with Gasteiger partial charge in [0, 0.05) is 49.6 Å². The third-order valence-electron chi connectivity index (χ3n) is 4.47. The molecule has 138 valence electrons. The van der Waals surface area contributed by atoms with E-state index in [9.17, 15) is 4.79 Å². The topological polar surface area (TPSA) is 74.2 Å². The second kappa shape index (κ2) is 7.78. The van der Waals surface area contributed by atoms with Crippen molar-refractivity contribution in [2.45, 2.75) is 32.9 Å². The average molecular weight is 354 g/mol. The lowest BCUT2D eigenvalue weighted by atomic mass is 10.0. The molecule has 0 saturated carbocycles. The van der Waals surface area contributed by atoms with Crippen LogP contribution >= 0.6 is 0 Å². The Morgan fingerprint density at radius 3 is 2.69 bits per heavy atom. The highest BCUT2D eigenvalue weighted by Gasteiger charge is 2.24. The summed E-state index contributed by atoms with van der Waals surface area (Å²) in [6, 6.07) is 4.06. The first-order valence-electron chi connectivity index (χ1n) is 8.91. The maximum atomic E-state index is 11.8. The third kappa shape index (κ3) is 4.16. The van der Waals surface area contributed by atoms with Crippen molar-refractivity contribution in [2.24, 2.45) is 0 Å². The van der Waals surface area contributed by atoms with Crippen LogP contribution in [0.25, 0.3) is 11.4 Å². The Labute approximate surface area is 154 Å². The summed E-state index contributed by atoms with van der Waals surface area (Å²) in [6.07, 6.45) is 4.24. The van der Waals surface area contributed by atoms with Crippen molar-refractivity contribution >= 4 is 11.7 Å². The maximum absolute atomic E-state index is 11.8. The Balaban J connectivity index is 1.99. The lowest BCUT2D eigenvalue weighted by molar-refractivity contribution is -0.129. The van der Waals surface area contributed by atoms with Gasteiger partial charge in [-0.3, -0.25) is 9.78 Å². The smallest absolute Gasteiger partial charge is 0.219 e. The molecule has 1 atom stereocenters. The molecule has 3 rings (SSSR count). The number of amides is 1. The molecular weight excluding hydrogens is 328 g/mol. The lowest BCUT2D eigenvalue weighted by Crippen LogP contribution is -2.36. The van der Waals surface area contributed by atoms with Crippen LogP contribution in [0.3, 0.4) is 0 Å². The first-order valence-corrected chi connectivity index (χ1v) is 8.91. The summed E-state index contributed by atoms with van der Waals surface area (Å²) in [7, 11) is 4.11. The number of rotatable bonds is 5. The van der Waals surface area contributed by atoms with Crippen LogP contribution in [0.2, 0.25) is 0 Å². The Morgan fingerprint density at radius 2 is 2.04 bits per heavy atom. The summed E-state index contributed by atoms with van der Waals surface area (Å²) >= 11 is 0. The predicted molar refractivity (Wildman–Crippen MR) is 102 cm³/mol. The largest absolute Gasteiger partial charge is 0.366 e. The Kier molecular flexibility index (Phi) is 5.46. The monoisotopic (exact) mass is 354 g/mol. The van der Waals surface area contributed by atoms with E-state index in [2.05, 4.69) is 36.2 Å². The normalized spacial score (nSPS) is 14.9. The molecule has 0 radical (unpaired) electrons. The van der Waals surface area contributed by atoms with Crippen LogP contribution in [-0.4, -0.2) is 63.9 Å². The minimum atomic E-state index is 0.0789. The van der Waals surface area contributed by atoms with E-state index in [1.165, 1.54) is 0 Å². The minimum absolute atomic E-state index is 0.0789. The van der Waals surface area contributed by atoms with Gasteiger partial charge in [-0.1, -0.05) is 0 Å². The summed E-state index contributed by atoms with van der Waals surface area (Å²) in [5.41, 5.74) is 2.96. The number of carbonyl (C=O) groups is 1. The van der Waals surface area contributed by atoms with Crippen LogP contribution < -0.4 is 5.32 Å². The third-order valence-corrected chi connectivity index (χ3v) is 4.47. The molecule has 26 heavy (non-hydrogen) atoms. The molecule has 1 aliphatic heterocycles. The van der Waals surface area contributed by atoms with E-state index in [4.69, 9.17) is 9.97 Å². The number of nitrogens with zero attached hydrogens (tertiary/aromatic N) is 5. The first kappa shape index (κ1) is 18.3. The van der Waals surface area contributed by atoms with Crippen molar-refractivity contribution in [1.82, 2.24) is 24.8 Å². The van der Waals surface area contributed by atoms with Crippen LogP contribution in [0.5, 0.6) is 0 Å². The number of fused-ring (bicyclic) bond motifs is 1. The molecule has 0 saturated heterocycles. The van der Waals surface area contributed by atoms with Crippen molar-refractivity contribution < 1.29 is 4.79 Å². The van der Waals surface area contributed by atoms with Crippen molar-refractivity contribution in [3.8, 4) is 11.4 Å². The predicted octanol–water partition coefficient (Wildman–Crippen LogP) is 1.81. The van der Waals surface area contributed by atoms with E-state index in [1.54, 1.807) is 19.3 Å². The van der Waals surface area contributed by atoms with E-state index < -0.39 is 0 Å². The van der Waals surface area contributed by atoms with Gasteiger partial charge in [-0.15, -0.1) is 0 Å². The molecule has 0 fully saturated rings. The molecule has 0 aromatic carbocycles. The van der Waals surface area contributed by atoms with Crippen LogP contribution in [0.15, 0.2) is 24.5 Å². The van der Waals surface area contributed by atoms with E-state index in [0.717, 1.165) is 35.6 Å².